The highest BCUT2D eigenvalue weighted by Gasteiger charge is 2.39. The van der Waals surface area contributed by atoms with Crippen molar-refractivity contribution in [1.29, 1.82) is 0 Å². The van der Waals surface area contributed by atoms with Gasteiger partial charge in [0.1, 0.15) is 11.9 Å². The molecular formula is C23H26F4N4O3S. The van der Waals surface area contributed by atoms with Crippen molar-refractivity contribution < 1.29 is 30.8 Å². The van der Waals surface area contributed by atoms with Crippen molar-refractivity contribution in [2.45, 2.75) is 42.9 Å². The summed E-state index contributed by atoms with van der Waals surface area (Å²) in [5.74, 6) is -1.47. The van der Waals surface area contributed by atoms with Gasteiger partial charge < -0.3 is 15.5 Å². The van der Waals surface area contributed by atoms with Crippen LogP contribution in [0.4, 0.5) is 28.9 Å². The van der Waals surface area contributed by atoms with Crippen molar-refractivity contribution in [1.82, 2.24) is 4.31 Å². The minimum atomic E-state index is -4.75. The van der Waals surface area contributed by atoms with Crippen LogP contribution in [0, 0.1) is 5.82 Å². The second-order valence-corrected chi connectivity index (χ2v) is 10.7. The van der Waals surface area contributed by atoms with Crippen LogP contribution in [0.2, 0.25) is 0 Å². The van der Waals surface area contributed by atoms with Crippen LogP contribution in [-0.4, -0.2) is 56.9 Å². The molecule has 1 amide bonds. The number of hydrogen-bond acceptors (Lipinski definition) is 5. The number of piperazine rings is 1. The monoisotopic (exact) mass is 514 g/mol. The summed E-state index contributed by atoms with van der Waals surface area (Å²) in [6.07, 6.45) is -3.40. The molecule has 0 aromatic heterocycles. The van der Waals surface area contributed by atoms with Crippen LogP contribution in [0.3, 0.4) is 0 Å². The van der Waals surface area contributed by atoms with Gasteiger partial charge in [-0.2, -0.15) is 17.5 Å². The van der Waals surface area contributed by atoms with Crippen molar-refractivity contribution in [2.75, 3.05) is 36.0 Å². The molecule has 2 heterocycles. The number of anilines is 2. The number of carbonyl (C=O) groups is 1. The molecular weight excluding hydrogens is 488 g/mol. The van der Waals surface area contributed by atoms with Crippen LogP contribution >= 0.6 is 0 Å². The number of rotatable bonds is 5. The number of nitrogens with zero attached hydrogens (tertiary/aromatic N) is 3. The molecule has 0 radical (unpaired) electrons. The highest BCUT2D eigenvalue weighted by Crippen LogP contribution is 2.38. The Hall–Kier alpha value is -2.86. The van der Waals surface area contributed by atoms with E-state index < -0.39 is 45.6 Å². The van der Waals surface area contributed by atoms with Gasteiger partial charge in [-0.3, -0.25) is 4.79 Å². The van der Waals surface area contributed by atoms with Crippen molar-refractivity contribution in [3.63, 3.8) is 0 Å². The first-order chi connectivity index (χ1) is 16.4. The van der Waals surface area contributed by atoms with Crippen LogP contribution in [-0.2, 0) is 21.0 Å². The molecule has 0 bridgehead atoms. The van der Waals surface area contributed by atoms with Crippen molar-refractivity contribution >= 4 is 27.3 Å². The largest absolute Gasteiger partial charge is 0.418 e. The van der Waals surface area contributed by atoms with Gasteiger partial charge >= 0.3 is 6.18 Å². The molecule has 2 saturated heterocycles. The molecule has 2 N–H and O–H groups in total. The number of carbonyl (C=O) groups excluding carboxylic acids is 1. The number of amides is 1. The smallest absolute Gasteiger partial charge is 0.368 e. The van der Waals surface area contributed by atoms with E-state index in [0.717, 1.165) is 18.6 Å². The zero-order chi connectivity index (χ0) is 25.5. The Kier molecular flexibility index (Phi) is 6.71. The Morgan fingerprint density at radius 1 is 1.09 bits per heavy atom. The fourth-order valence-electron chi connectivity index (χ4n) is 4.86. The van der Waals surface area contributed by atoms with Gasteiger partial charge in [-0.05, 0) is 56.2 Å². The van der Waals surface area contributed by atoms with E-state index in [1.54, 1.807) is 24.0 Å². The summed E-state index contributed by atoms with van der Waals surface area (Å²) in [4.78, 5) is 15.0. The second-order valence-electron chi connectivity index (χ2n) is 8.82. The lowest BCUT2D eigenvalue weighted by Gasteiger charge is -2.40. The SMILES string of the molecule is CC1CN(c2ccc(F)cc2C(F)(F)F)CCN1S(=O)(=O)c1cccc(N2CCCC2C(N)=O)c1. The fourth-order valence-corrected chi connectivity index (χ4v) is 6.51. The number of halogens is 4. The summed E-state index contributed by atoms with van der Waals surface area (Å²) in [5, 5.41) is 0. The summed E-state index contributed by atoms with van der Waals surface area (Å²) in [5.41, 5.74) is 4.78. The molecule has 2 aromatic rings. The van der Waals surface area contributed by atoms with Crippen LogP contribution in [0.15, 0.2) is 47.4 Å². The maximum Gasteiger partial charge on any atom is 0.418 e. The van der Waals surface area contributed by atoms with E-state index in [1.165, 1.54) is 21.3 Å². The average Bonchev–Trinajstić information content (AvgIpc) is 3.29. The molecule has 2 unspecified atom stereocenters. The number of primary amides is 1. The molecule has 190 valence electrons. The van der Waals surface area contributed by atoms with Gasteiger partial charge in [-0.1, -0.05) is 6.07 Å². The molecule has 2 aromatic carbocycles. The molecule has 35 heavy (non-hydrogen) atoms. The summed E-state index contributed by atoms with van der Waals surface area (Å²) in [6.45, 7) is 2.16. The maximum absolute atomic E-state index is 13.5. The molecule has 2 aliphatic heterocycles. The highest BCUT2D eigenvalue weighted by atomic mass is 32.2. The fraction of sp³-hybridized carbons (Fsp3) is 0.435. The standard InChI is InChI=1S/C23H26F4N4O3S/c1-15-14-29(20-8-7-16(24)12-19(20)23(25,26)27)10-11-31(15)35(33,34)18-5-2-4-17(13-18)30-9-3-6-21(30)22(28)32/h2,4-5,7-8,12-13,15,21H,3,6,9-11,14H2,1H3,(H2,28,32). The second kappa shape index (κ2) is 9.30. The molecule has 4 rings (SSSR count). The van der Waals surface area contributed by atoms with E-state index in [0.29, 0.717) is 24.7 Å². The quantitative estimate of drug-likeness (QED) is 0.620. The lowest BCUT2D eigenvalue weighted by molar-refractivity contribution is -0.137. The maximum atomic E-state index is 13.5. The summed E-state index contributed by atoms with van der Waals surface area (Å²) >= 11 is 0. The van der Waals surface area contributed by atoms with E-state index in [1.807, 2.05) is 0 Å². The Morgan fingerprint density at radius 3 is 2.49 bits per heavy atom. The Morgan fingerprint density at radius 2 is 1.83 bits per heavy atom. The van der Waals surface area contributed by atoms with Crippen LogP contribution in [0.5, 0.6) is 0 Å². The summed E-state index contributed by atoms with van der Waals surface area (Å²) < 4.78 is 82.1. The average molecular weight is 515 g/mol. The molecule has 2 aliphatic rings. The number of alkyl halides is 3. The van der Waals surface area contributed by atoms with Gasteiger partial charge in [0.25, 0.3) is 0 Å². The lowest BCUT2D eigenvalue weighted by Crippen LogP contribution is -2.54. The number of benzene rings is 2. The van der Waals surface area contributed by atoms with Gasteiger partial charge in [0.2, 0.25) is 15.9 Å². The normalized spacial score (nSPS) is 22.0. The number of sulfonamides is 1. The van der Waals surface area contributed by atoms with Gasteiger partial charge in [0, 0.05) is 43.6 Å². The van der Waals surface area contributed by atoms with E-state index in [4.69, 9.17) is 5.73 Å². The molecule has 12 heteroatoms. The topological polar surface area (TPSA) is 87.0 Å². The minimum absolute atomic E-state index is 0.00348. The van der Waals surface area contributed by atoms with E-state index >= 15 is 0 Å². The van der Waals surface area contributed by atoms with Crippen molar-refractivity contribution in [3.05, 3.63) is 53.8 Å². The van der Waals surface area contributed by atoms with Crippen LogP contribution in [0.25, 0.3) is 0 Å². The van der Waals surface area contributed by atoms with Crippen molar-refractivity contribution in [2.24, 2.45) is 5.73 Å². The summed E-state index contributed by atoms with van der Waals surface area (Å²) in [7, 11) is -3.97. The predicted octanol–water partition coefficient (Wildman–Crippen LogP) is 3.20. The molecule has 0 spiro atoms. The minimum Gasteiger partial charge on any atom is -0.368 e. The molecule has 7 nitrogen and oxygen atoms in total. The third-order valence-corrected chi connectivity index (χ3v) is 8.52. The Bertz CT molecular complexity index is 1220. The van der Waals surface area contributed by atoms with Crippen LogP contribution < -0.4 is 15.5 Å². The molecule has 2 atom stereocenters. The zero-order valence-electron chi connectivity index (χ0n) is 19.0. The number of nitrogens with two attached hydrogens (primary N) is 1. The van der Waals surface area contributed by atoms with Crippen molar-refractivity contribution in [3.8, 4) is 0 Å². The van der Waals surface area contributed by atoms with Gasteiger partial charge in [0.05, 0.1) is 10.5 Å². The van der Waals surface area contributed by atoms with Gasteiger partial charge in [-0.15, -0.1) is 0 Å². The third kappa shape index (κ3) is 4.94. The van der Waals surface area contributed by atoms with E-state index in [-0.39, 0.29) is 30.2 Å². The van der Waals surface area contributed by atoms with Gasteiger partial charge in [-0.25, -0.2) is 12.8 Å². The Balaban J connectivity index is 1.57. The van der Waals surface area contributed by atoms with E-state index in [9.17, 15) is 30.8 Å². The lowest BCUT2D eigenvalue weighted by atomic mass is 10.1. The highest BCUT2D eigenvalue weighted by molar-refractivity contribution is 7.89. The molecule has 2 fully saturated rings. The molecule has 0 saturated carbocycles. The third-order valence-electron chi connectivity index (χ3n) is 6.51. The van der Waals surface area contributed by atoms with Gasteiger partial charge in [0.15, 0.2) is 0 Å². The summed E-state index contributed by atoms with van der Waals surface area (Å²) in [6, 6.07) is 7.59. The van der Waals surface area contributed by atoms with Crippen LogP contribution in [0.1, 0.15) is 25.3 Å². The number of hydrogen-bond donors (Lipinski definition) is 1. The predicted molar refractivity (Wildman–Crippen MR) is 123 cm³/mol. The first kappa shape index (κ1) is 25.2. The Labute approximate surface area is 201 Å². The molecule has 0 aliphatic carbocycles. The first-order valence-corrected chi connectivity index (χ1v) is 12.6. The van der Waals surface area contributed by atoms with E-state index in [2.05, 4.69) is 0 Å². The first-order valence-electron chi connectivity index (χ1n) is 11.2. The zero-order valence-corrected chi connectivity index (χ0v) is 19.8.